The number of carbonyl (C=O) groups excluding carboxylic acids is 1. The molecule has 1 aromatic carbocycles. The van der Waals surface area contributed by atoms with Gasteiger partial charge in [0.05, 0.1) is 20.5 Å². The molecule has 0 aliphatic rings. The summed E-state index contributed by atoms with van der Waals surface area (Å²) < 4.78 is 17.9. The maximum atomic E-state index is 13.0. The van der Waals surface area contributed by atoms with Gasteiger partial charge in [-0.25, -0.2) is 9.18 Å². The third kappa shape index (κ3) is 2.15. The van der Waals surface area contributed by atoms with E-state index < -0.39 is 11.8 Å². The minimum Gasteiger partial charge on any atom is -0.465 e. The van der Waals surface area contributed by atoms with E-state index in [2.05, 4.69) is 20.7 Å². The Hall–Kier alpha value is -0.835. The van der Waals surface area contributed by atoms with Gasteiger partial charge in [-0.2, -0.15) is 0 Å². The predicted octanol–water partition coefficient (Wildman–Crippen LogP) is 2.04. The zero-order chi connectivity index (χ0) is 10.7. The molecule has 2 nitrogen and oxygen atoms in total. The molecule has 0 unspecified atom stereocenters. The molecule has 14 heavy (non-hydrogen) atoms. The van der Waals surface area contributed by atoms with E-state index in [-0.39, 0.29) is 11.9 Å². The van der Waals surface area contributed by atoms with Crippen LogP contribution in [0.3, 0.4) is 0 Å². The van der Waals surface area contributed by atoms with E-state index >= 15 is 0 Å². The number of carbonyl (C=O) groups is 1. The Morgan fingerprint density at radius 3 is 2.79 bits per heavy atom. The lowest BCUT2D eigenvalue weighted by molar-refractivity contribution is 0.0599. The molecule has 0 heterocycles. The summed E-state index contributed by atoms with van der Waals surface area (Å²) in [4.78, 5) is 11.2. The third-order valence-corrected chi connectivity index (χ3v) is 2.48. The fraction of sp³-hybridized carbons (Fsp3) is 0.222. The van der Waals surface area contributed by atoms with E-state index in [0.717, 1.165) is 6.07 Å². The minimum absolute atomic E-state index is 0.144. The van der Waals surface area contributed by atoms with Crippen LogP contribution in [0.15, 0.2) is 16.6 Å². The van der Waals surface area contributed by atoms with Crippen LogP contribution in [0, 0.1) is 5.82 Å². The van der Waals surface area contributed by atoms with Crippen molar-refractivity contribution in [3.63, 3.8) is 0 Å². The first-order valence-corrected chi connectivity index (χ1v) is 4.65. The van der Waals surface area contributed by atoms with Crippen LogP contribution in [0.1, 0.15) is 15.9 Å². The van der Waals surface area contributed by atoms with E-state index in [0.29, 0.717) is 10.0 Å². The van der Waals surface area contributed by atoms with Gasteiger partial charge in [0.1, 0.15) is 5.82 Å². The Morgan fingerprint density at radius 1 is 1.64 bits per heavy atom. The van der Waals surface area contributed by atoms with Crippen LogP contribution in [-0.4, -0.2) is 20.9 Å². The summed E-state index contributed by atoms with van der Waals surface area (Å²) in [6.07, 6.45) is 0.144. The molecule has 72 valence electrons. The summed E-state index contributed by atoms with van der Waals surface area (Å²) in [6.45, 7) is 0. The molecule has 2 radical (unpaired) electrons. The second-order valence-electron chi connectivity index (χ2n) is 2.61. The Balaban J connectivity index is 3.32. The molecule has 0 fully saturated rings. The first kappa shape index (κ1) is 11.2. The van der Waals surface area contributed by atoms with Crippen molar-refractivity contribution in [1.29, 1.82) is 0 Å². The van der Waals surface area contributed by atoms with Crippen molar-refractivity contribution in [2.45, 2.75) is 6.32 Å². The van der Waals surface area contributed by atoms with Crippen LogP contribution in [0.2, 0.25) is 0 Å². The summed E-state index contributed by atoms with van der Waals surface area (Å²) >= 11 is 3.13. The van der Waals surface area contributed by atoms with Crippen molar-refractivity contribution in [1.82, 2.24) is 0 Å². The van der Waals surface area contributed by atoms with Gasteiger partial charge in [0.25, 0.3) is 0 Å². The standard InChI is InChI=1S/C9H7BBrFO2/c1-14-9(13)6-2-5(12)3-8(11)7(6)4-10/h2-3H,4H2,1H3. The number of ether oxygens (including phenoxy) is 1. The highest BCUT2D eigenvalue weighted by molar-refractivity contribution is 9.10. The van der Waals surface area contributed by atoms with E-state index in [1.165, 1.54) is 13.2 Å². The number of hydrogen-bond acceptors (Lipinski definition) is 2. The highest BCUT2D eigenvalue weighted by Gasteiger charge is 2.14. The topological polar surface area (TPSA) is 26.3 Å². The lowest BCUT2D eigenvalue weighted by Gasteiger charge is -2.08. The summed E-state index contributed by atoms with van der Waals surface area (Å²) in [5.41, 5.74) is 0.695. The molecule has 0 saturated carbocycles. The number of halogens is 2. The fourth-order valence-electron chi connectivity index (χ4n) is 1.10. The minimum atomic E-state index is -0.592. The summed E-state index contributed by atoms with van der Waals surface area (Å²) in [5.74, 6) is -1.10. The maximum absolute atomic E-state index is 13.0. The number of benzene rings is 1. The number of methoxy groups -OCH3 is 1. The highest BCUT2D eigenvalue weighted by Crippen LogP contribution is 2.23. The molecule has 0 aliphatic heterocycles. The van der Waals surface area contributed by atoms with Gasteiger partial charge in [0.15, 0.2) is 0 Å². The van der Waals surface area contributed by atoms with Gasteiger partial charge in [-0.3, -0.25) is 0 Å². The third-order valence-electron chi connectivity index (χ3n) is 1.77. The van der Waals surface area contributed by atoms with E-state index in [1.807, 2.05) is 0 Å². The molecule has 5 heteroatoms. The molecule has 0 N–H and O–H groups in total. The predicted molar refractivity (Wildman–Crippen MR) is 54.9 cm³/mol. The molecule has 0 aromatic heterocycles. The van der Waals surface area contributed by atoms with E-state index in [9.17, 15) is 9.18 Å². The molecule has 0 aliphatic carbocycles. The first-order chi connectivity index (χ1) is 6.60. The second-order valence-corrected chi connectivity index (χ2v) is 3.46. The molecule has 1 aromatic rings. The smallest absolute Gasteiger partial charge is 0.338 e. The Morgan fingerprint density at radius 2 is 2.29 bits per heavy atom. The molecule has 1 rings (SSSR count). The van der Waals surface area contributed by atoms with Crippen LogP contribution < -0.4 is 0 Å². The molecule has 0 atom stereocenters. The van der Waals surface area contributed by atoms with Crippen LogP contribution in [-0.2, 0) is 11.1 Å². The lowest BCUT2D eigenvalue weighted by atomic mass is 9.93. The second kappa shape index (κ2) is 4.60. The molecular formula is C9H7BBrFO2. The van der Waals surface area contributed by atoms with Gasteiger partial charge in [0.2, 0.25) is 0 Å². The maximum Gasteiger partial charge on any atom is 0.338 e. The van der Waals surface area contributed by atoms with Gasteiger partial charge >= 0.3 is 5.97 Å². The fourth-order valence-corrected chi connectivity index (χ4v) is 1.70. The van der Waals surface area contributed by atoms with E-state index in [1.54, 1.807) is 0 Å². The van der Waals surface area contributed by atoms with Gasteiger partial charge in [-0.05, 0) is 17.7 Å². The Bertz CT molecular complexity index is 368. The van der Waals surface area contributed by atoms with Gasteiger partial charge < -0.3 is 4.74 Å². The molecule has 0 bridgehead atoms. The molecule has 0 amide bonds. The van der Waals surface area contributed by atoms with Gasteiger partial charge in [-0.15, -0.1) is 0 Å². The number of rotatable bonds is 2. The summed E-state index contributed by atoms with van der Waals surface area (Å²) in [5, 5.41) is 0. The van der Waals surface area contributed by atoms with E-state index in [4.69, 9.17) is 7.85 Å². The lowest BCUT2D eigenvalue weighted by Crippen LogP contribution is -2.07. The number of esters is 1. The van der Waals surface area contributed by atoms with Crippen molar-refractivity contribution in [2.24, 2.45) is 0 Å². The van der Waals surface area contributed by atoms with Crippen molar-refractivity contribution in [2.75, 3.05) is 7.11 Å². The monoisotopic (exact) mass is 256 g/mol. The average molecular weight is 257 g/mol. The zero-order valence-corrected chi connectivity index (χ0v) is 9.10. The Kier molecular flexibility index (Phi) is 3.69. The highest BCUT2D eigenvalue weighted by atomic mass is 79.9. The van der Waals surface area contributed by atoms with Gasteiger partial charge in [-0.1, -0.05) is 22.3 Å². The van der Waals surface area contributed by atoms with Crippen molar-refractivity contribution >= 4 is 29.7 Å². The zero-order valence-electron chi connectivity index (χ0n) is 7.51. The van der Waals surface area contributed by atoms with Crippen molar-refractivity contribution in [3.8, 4) is 0 Å². The van der Waals surface area contributed by atoms with Crippen LogP contribution in [0.5, 0.6) is 0 Å². The first-order valence-electron chi connectivity index (χ1n) is 3.86. The molecule has 0 saturated heterocycles. The quantitative estimate of drug-likeness (QED) is 0.598. The Labute approximate surface area is 91.0 Å². The molecule has 0 spiro atoms. The van der Waals surface area contributed by atoms with Gasteiger partial charge in [0, 0.05) is 4.47 Å². The van der Waals surface area contributed by atoms with Crippen molar-refractivity contribution < 1.29 is 13.9 Å². The molecular weight excluding hydrogens is 250 g/mol. The largest absolute Gasteiger partial charge is 0.465 e. The number of hydrogen-bond donors (Lipinski definition) is 0. The summed E-state index contributed by atoms with van der Waals surface area (Å²) in [7, 11) is 6.67. The van der Waals surface area contributed by atoms with Crippen LogP contribution in [0.25, 0.3) is 0 Å². The van der Waals surface area contributed by atoms with Crippen LogP contribution in [0.4, 0.5) is 4.39 Å². The SMILES string of the molecule is [B]Cc1c(Br)cc(F)cc1C(=O)OC. The van der Waals surface area contributed by atoms with Crippen molar-refractivity contribution in [3.05, 3.63) is 33.5 Å². The van der Waals surface area contributed by atoms with Crippen LogP contribution >= 0.6 is 15.9 Å². The normalized spacial score (nSPS) is 9.93. The summed E-state index contributed by atoms with van der Waals surface area (Å²) in [6, 6.07) is 2.37. The average Bonchev–Trinajstić information content (AvgIpc) is 2.15.